The van der Waals surface area contributed by atoms with Crippen LogP contribution < -0.4 is 5.32 Å². The SMILES string of the molecule is CNC1CCCC(n2ccnc2-c2ccccc2)C1. The molecule has 0 aliphatic heterocycles. The molecule has 0 radical (unpaired) electrons. The Hall–Kier alpha value is -1.61. The van der Waals surface area contributed by atoms with Crippen molar-refractivity contribution in [2.75, 3.05) is 7.05 Å². The van der Waals surface area contributed by atoms with E-state index in [-0.39, 0.29) is 0 Å². The lowest BCUT2D eigenvalue weighted by Gasteiger charge is -2.30. The monoisotopic (exact) mass is 255 g/mol. The van der Waals surface area contributed by atoms with Crippen LogP contribution in [0.25, 0.3) is 11.4 Å². The van der Waals surface area contributed by atoms with Crippen LogP contribution in [0.15, 0.2) is 42.7 Å². The van der Waals surface area contributed by atoms with Gasteiger partial charge < -0.3 is 9.88 Å². The number of imidazole rings is 1. The van der Waals surface area contributed by atoms with E-state index in [1.165, 1.54) is 31.2 Å². The van der Waals surface area contributed by atoms with E-state index in [4.69, 9.17) is 0 Å². The van der Waals surface area contributed by atoms with E-state index in [0.29, 0.717) is 12.1 Å². The first kappa shape index (κ1) is 12.4. The summed E-state index contributed by atoms with van der Waals surface area (Å²) >= 11 is 0. The highest BCUT2D eigenvalue weighted by molar-refractivity contribution is 5.55. The molecule has 1 aliphatic carbocycles. The van der Waals surface area contributed by atoms with Gasteiger partial charge >= 0.3 is 0 Å². The molecule has 0 amide bonds. The largest absolute Gasteiger partial charge is 0.328 e. The summed E-state index contributed by atoms with van der Waals surface area (Å²) in [6, 6.07) is 11.7. The first-order valence-corrected chi connectivity index (χ1v) is 7.14. The van der Waals surface area contributed by atoms with Crippen LogP contribution in [0.1, 0.15) is 31.7 Å². The minimum atomic E-state index is 0.573. The molecular formula is C16H21N3. The van der Waals surface area contributed by atoms with Gasteiger partial charge in [-0.15, -0.1) is 0 Å². The molecule has 0 saturated heterocycles. The Balaban J connectivity index is 1.88. The summed E-state index contributed by atoms with van der Waals surface area (Å²) in [5, 5.41) is 3.42. The molecule has 1 heterocycles. The highest BCUT2D eigenvalue weighted by Crippen LogP contribution is 2.31. The highest BCUT2D eigenvalue weighted by Gasteiger charge is 2.23. The summed E-state index contributed by atoms with van der Waals surface area (Å²) in [5.74, 6) is 1.10. The summed E-state index contributed by atoms with van der Waals surface area (Å²) < 4.78 is 2.36. The van der Waals surface area contributed by atoms with Crippen molar-refractivity contribution in [3.63, 3.8) is 0 Å². The Morgan fingerprint density at radius 2 is 2.05 bits per heavy atom. The second kappa shape index (κ2) is 5.57. The van der Waals surface area contributed by atoms with E-state index in [2.05, 4.69) is 58.4 Å². The molecule has 3 rings (SSSR count). The Morgan fingerprint density at radius 1 is 1.21 bits per heavy atom. The third-order valence-electron chi connectivity index (χ3n) is 4.15. The number of rotatable bonds is 3. The number of hydrogen-bond acceptors (Lipinski definition) is 2. The van der Waals surface area contributed by atoms with E-state index < -0.39 is 0 Å². The summed E-state index contributed by atoms with van der Waals surface area (Å²) in [6.07, 6.45) is 9.10. The quantitative estimate of drug-likeness (QED) is 0.912. The summed E-state index contributed by atoms with van der Waals surface area (Å²) in [7, 11) is 2.07. The lowest BCUT2D eigenvalue weighted by Crippen LogP contribution is -2.32. The van der Waals surface area contributed by atoms with E-state index in [1.807, 2.05) is 6.20 Å². The molecule has 3 nitrogen and oxygen atoms in total. The predicted octanol–water partition coefficient (Wildman–Crippen LogP) is 3.25. The molecule has 2 atom stereocenters. The van der Waals surface area contributed by atoms with Crippen molar-refractivity contribution in [3.8, 4) is 11.4 Å². The average Bonchev–Trinajstić information content (AvgIpc) is 2.98. The van der Waals surface area contributed by atoms with Crippen molar-refractivity contribution in [3.05, 3.63) is 42.7 Å². The van der Waals surface area contributed by atoms with Crippen LogP contribution in [-0.2, 0) is 0 Å². The van der Waals surface area contributed by atoms with Gasteiger partial charge in [0.1, 0.15) is 5.82 Å². The second-order valence-corrected chi connectivity index (χ2v) is 5.33. The van der Waals surface area contributed by atoms with Gasteiger partial charge in [-0.2, -0.15) is 0 Å². The van der Waals surface area contributed by atoms with Gasteiger partial charge in [-0.3, -0.25) is 0 Å². The lowest BCUT2D eigenvalue weighted by molar-refractivity contribution is 0.296. The minimum Gasteiger partial charge on any atom is -0.328 e. The molecule has 1 aliphatic rings. The van der Waals surface area contributed by atoms with Gasteiger partial charge in [0.05, 0.1) is 0 Å². The second-order valence-electron chi connectivity index (χ2n) is 5.33. The fourth-order valence-corrected chi connectivity index (χ4v) is 3.10. The molecule has 1 aromatic heterocycles. The average molecular weight is 255 g/mol. The number of hydrogen-bond donors (Lipinski definition) is 1. The van der Waals surface area contributed by atoms with E-state index >= 15 is 0 Å². The zero-order valence-corrected chi connectivity index (χ0v) is 11.4. The van der Waals surface area contributed by atoms with Gasteiger partial charge in [0.25, 0.3) is 0 Å². The maximum absolute atomic E-state index is 4.56. The number of nitrogens with one attached hydrogen (secondary N) is 1. The third kappa shape index (κ3) is 2.56. The van der Waals surface area contributed by atoms with E-state index in [9.17, 15) is 0 Å². The van der Waals surface area contributed by atoms with Gasteiger partial charge in [0.2, 0.25) is 0 Å². The van der Waals surface area contributed by atoms with Gasteiger partial charge in [-0.25, -0.2) is 4.98 Å². The fourth-order valence-electron chi connectivity index (χ4n) is 3.10. The minimum absolute atomic E-state index is 0.573. The van der Waals surface area contributed by atoms with E-state index in [0.717, 1.165) is 5.82 Å². The van der Waals surface area contributed by atoms with Crippen LogP contribution in [0.2, 0.25) is 0 Å². The first-order valence-electron chi connectivity index (χ1n) is 7.14. The number of nitrogens with zero attached hydrogens (tertiary/aromatic N) is 2. The molecule has 3 heteroatoms. The molecule has 2 aromatic rings. The first-order chi connectivity index (χ1) is 9.38. The van der Waals surface area contributed by atoms with Crippen LogP contribution in [0.5, 0.6) is 0 Å². The zero-order chi connectivity index (χ0) is 13.1. The molecule has 1 saturated carbocycles. The normalized spacial score (nSPS) is 23.4. The van der Waals surface area contributed by atoms with Gasteiger partial charge in [0.15, 0.2) is 0 Å². The standard InChI is InChI=1S/C16H21N3/c1-17-14-8-5-9-15(12-14)19-11-10-18-16(19)13-6-3-2-4-7-13/h2-4,6-7,10-11,14-15,17H,5,8-9,12H2,1H3. The van der Waals surface area contributed by atoms with Crippen LogP contribution in [0, 0.1) is 0 Å². The molecule has 19 heavy (non-hydrogen) atoms. The van der Waals surface area contributed by atoms with Crippen LogP contribution in [0.3, 0.4) is 0 Å². The molecule has 0 bridgehead atoms. The van der Waals surface area contributed by atoms with Crippen molar-refractivity contribution >= 4 is 0 Å². The third-order valence-corrected chi connectivity index (χ3v) is 4.15. The Bertz CT molecular complexity index is 518. The fraction of sp³-hybridized carbons (Fsp3) is 0.438. The summed E-state index contributed by atoms with van der Waals surface area (Å²) in [6.45, 7) is 0. The smallest absolute Gasteiger partial charge is 0.140 e. The molecular weight excluding hydrogens is 234 g/mol. The van der Waals surface area contributed by atoms with Crippen LogP contribution >= 0.6 is 0 Å². The lowest BCUT2D eigenvalue weighted by atomic mass is 9.90. The zero-order valence-electron chi connectivity index (χ0n) is 11.4. The number of aromatic nitrogens is 2. The summed E-state index contributed by atoms with van der Waals surface area (Å²) in [5.41, 5.74) is 1.21. The molecule has 2 unspecified atom stereocenters. The van der Waals surface area contributed by atoms with Crippen molar-refractivity contribution < 1.29 is 0 Å². The topological polar surface area (TPSA) is 29.9 Å². The maximum atomic E-state index is 4.56. The van der Waals surface area contributed by atoms with E-state index in [1.54, 1.807) is 0 Å². The Morgan fingerprint density at radius 3 is 2.84 bits per heavy atom. The van der Waals surface area contributed by atoms with Crippen molar-refractivity contribution in [1.29, 1.82) is 0 Å². The Labute approximate surface area is 114 Å². The van der Waals surface area contributed by atoms with Crippen molar-refractivity contribution in [2.45, 2.75) is 37.8 Å². The number of benzene rings is 1. The molecule has 1 N–H and O–H groups in total. The van der Waals surface area contributed by atoms with Crippen LogP contribution in [0.4, 0.5) is 0 Å². The molecule has 100 valence electrons. The van der Waals surface area contributed by atoms with Crippen molar-refractivity contribution in [1.82, 2.24) is 14.9 Å². The van der Waals surface area contributed by atoms with Crippen LogP contribution in [-0.4, -0.2) is 22.6 Å². The molecule has 0 spiro atoms. The maximum Gasteiger partial charge on any atom is 0.140 e. The van der Waals surface area contributed by atoms with Crippen molar-refractivity contribution in [2.24, 2.45) is 0 Å². The molecule has 1 fully saturated rings. The Kier molecular flexibility index (Phi) is 3.65. The van der Waals surface area contributed by atoms with Gasteiger partial charge in [-0.05, 0) is 32.7 Å². The predicted molar refractivity (Wildman–Crippen MR) is 78.0 cm³/mol. The van der Waals surface area contributed by atoms with Gasteiger partial charge in [0, 0.05) is 30.0 Å². The highest BCUT2D eigenvalue weighted by atomic mass is 15.1. The summed E-state index contributed by atoms with van der Waals surface area (Å²) in [4.78, 5) is 4.56. The van der Waals surface area contributed by atoms with Gasteiger partial charge in [-0.1, -0.05) is 30.3 Å². The molecule has 1 aromatic carbocycles.